The summed E-state index contributed by atoms with van der Waals surface area (Å²) in [4.78, 5) is 0.438. The molecular formula is C38H30O5S. The standard InChI is InChI=1S/C25H18O2.C13H12O3S/c26-19-13-9-17(10-14-19)25(18-11-15-20(27)16-12-18)23-7-3-1-5-21(23)22-6-2-4-8-24(22)25;1-10-2-6-12(7-3-10)17(15,16)13-8-4-11(14)5-9-13/h1-16,26-27H;2-9,14H,1H3. The fourth-order valence-electron chi connectivity index (χ4n) is 5.93. The number of aryl methyl sites for hydroxylation is 1. The van der Waals surface area contributed by atoms with Crippen LogP contribution in [0.3, 0.4) is 0 Å². The van der Waals surface area contributed by atoms with E-state index in [1.165, 1.54) is 46.5 Å². The average molecular weight is 599 g/mol. The normalized spacial score (nSPS) is 12.8. The van der Waals surface area contributed by atoms with E-state index < -0.39 is 15.3 Å². The van der Waals surface area contributed by atoms with Crippen molar-refractivity contribution in [1.29, 1.82) is 0 Å². The van der Waals surface area contributed by atoms with Crippen molar-refractivity contribution in [3.8, 4) is 28.4 Å². The lowest BCUT2D eigenvalue weighted by atomic mass is 9.68. The molecule has 218 valence electrons. The van der Waals surface area contributed by atoms with E-state index in [1.54, 1.807) is 48.5 Å². The highest BCUT2D eigenvalue weighted by molar-refractivity contribution is 7.91. The fraction of sp³-hybridized carbons (Fsp3) is 0.0526. The molecule has 44 heavy (non-hydrogen) atoms. The molecule has 0 atom stereocenters. The van der Waals surface area contributed by atoms with Gasteiger partial charge in [0.25, 0.3) is 0 Å². The lowest BCUT2D eigenvalue weighted by Crippen LogP contribution is -2.28. The van der Waals surface area contributed by atoms with E-state index in [4.69, 9.17) is 5.11 Å². The minimum absolute atomic E-state index is 0.0489. The Morgan fingerprint density at radius 1 is 0.455 bits per heavy atom. The Bertz CT molecular complexity index is 1890. The van der Waals surface area contributed by atoms with Crippen molar-refractivity contribution in [2.45, 2.75) is 22.1 Å². The summed E-state index contributed by atoms with van der Waals surface area (Å²) >= 11 is 0. The average Bonchev–Trinajstić information content (AvgIpc) is 3.34. The molecule has 0 aliphatic heterocycles. The first-order valence-electron chi connectivity index (χ1n) is 14.1. The molecule has 0 aromatic heterocycles. The van der Waals surface area contributed by atoms with Gasteiger partial charge in [0.15, 0.2) is 0 Å². The number of aromatic hydroxyl groups is 3. The molecular weight excluding hydrogens is 568 g/mol. The van der Waals surface area contributed by atoms with Crippen LogP contribution in [0.5, 0.6) is 17.2 Å². The van der Waals surface area contributed by atoms with Crippen LogP contribution in [0.4, 0.5) is 0 Å². The molecule has 6 aromatic rings. The zero-order valence-electron chi connectivity index (χ0n) is 23.9. The van der Waals surface area contributed by atoms with Crippen LogP contribution < -0.4 is 0 Å². The smallest absolute Gasteiger partial charge is 0.206 e. The summed E-state index contributed by atoms with van der Waals surface area (Å²) in [5, 5.41) is 28.8. The van der Waals surface area contributed by atoms with Gasteiger partial charge in [0, 0.05) is 0 Å². The van der Waals surface area contributed by atoms with Crippen LogP contribution in [0.1, 0.15) is 27.8 Å². The topological polar surface area (TPSA) is 94.8 Å². The number of fused-ring (bicyclic) bond motifs is 3. The number of phenolic OH excluding ortho intramolecular Hbond substituents is 3. The van der Waals surface area contributed by atoms with Crippen molar-refractivity contribution in [1.82, 2.24) is 0 Å². The molecule has 3 N–H and O–H groups in total. The maximum atomic E-state index is 12.2. The van der Waals surface area contributed by atoms with E-state index in [0.717, 1.165) is 16.7 Å². The maximum absolute atomic E-state index is 12.2. The Morgan fingerprint density at radius 3 is 1.20 bits per heavy atom. The molecule has 7 rings (SSSR count). The molecule has 0 saturated heterocycles. The van der Waals surface area contributed by atoms with Crippen LogP contribution in [0.15, 0.2) is 155 Å². The Hall–Kier alpha value is -5.33. The minimum Gasteiger partial charge on any atom is -0.508 e. The molecule has 0 unspecified atom stereocenters. The maximum Gasteiger partial charge on any atom is 0.206 e. The van der Waals surface area contributed by atoms with Crippen LogP contribution >= 0.6 is 0 Å². The molecule has 0 saturated carbocycles. The summed E-state index contributed by atoms with van der Waals surface area (Å²) in [5.41, 5.74) is 7.55. The van der Waals surface area contributed by atoms with Gasteiger partial charge in [0.05, 0.1) is 15.2 Å². The molecule has 6 aromatic carbocycles. The second-order valence-corrected chi connectivity index (χ2v) is 12.7. The number of phenols is 3. The van der Waals surface area contributed by atoms with Gasteiger partial charge in [0.1, 0.15) is 17.2 Å². The first kappa shape index (κ1) is 28.8. The van der Waals surface area contributed by atoms with E-state index in [0.29, 0.717) is 0 Å². The third kappa shape index (κ3) is 4.99. The SMILES string of the molecule is Cc1ccc(S(=O)(=O)c2ccc(O)cc2)cc1.Oc1ccc(C2(c3ccc(O)cc3)c3ccccc3-c3ccccc32)cc1. The van der Waals surface area contributed by atoms with Gasteiger partial charge >= 0.3 is 0 Å². The number of sulfone groups is 1. The fourth-order valence-corrected chi connectivity index (χ4v) is 7.19. The monoisotopic (exact) mass is 598 g/mol. The van der Waals surface area contributed by atoms with Gasteiger partial charge in [-0.15, -0.1) is 0 Å². The lowest BCUT2D eigenvalue weighted by Gasteiger charge is -2.33. The lowest BCUT2D eigenvalue weighted by molar-refractivity contribution is 0.474. The molecule has 0 amide bonds. The molecule has 6 heteroatoms. The number of benzene rings is 6. The van der Waals surface area contributed by atoms with Gasteiger partial charge in [0.2, 0.25) is 9.84 Å². The van der Waals surface area contributed by atoms with Crippen molar-refractivity contribution in [2.75, 3.05) is 0 Å². The van der Waals surface area contributed by atoms with Crippen molar-refractivity contribution < 1.29 is 23.7 Å². The van der Waals surface area contributed by atoms with E-state index in [-0.39, 0.29) is 27.0 Å². The second kappa shape index (κ2) is 11.4. The third-order valence-corrected chi connectivity index (χ3v) is 9.82. The summed E-state index contributed by atoms with van der Waals surface area (Å²) in [6, 6.07) is 44.0. The van der Waals surface area contributed by atoms with E-state index in [2.05, 4.69) is 48.5 Å². The second-order valence-electron chi connectivity index (χ2n) is 10.7. The van der Waals surface area contributed by atoms with E-state index >= 15 is 0 Å². The Labute approximate surface area is 256 Å². The predicted molar refractivity (Wildman–Crippen MR) is 172 cm³/mol. The Kier molecular flexibility index (Phi) is 7.45. The minimum atomic E-state index is -3.48. The molecule has 0 heterocycles. The summed E-state index contributed by atoms with van der Waals surface area (Å²) in [6.45, 7) is 1.90. The van der Waals surface area contributed by atoms with E-state index in [1.807, 2.05) is 31.2 Å². The van der Waals surface area contributed by atoms with Gasteiger partial charge < -0.3 is 15.3 Å². The van der Waals surface area contributed by atoms with Crippen LogP contribution in [0, 0.1) is 6.92 Å². The highest BCUT2D eigenvalue weighted by Gasteiger charge is 2.45. The van der Waals surface area contributed by atoms with Crippen LogP contribution in [0.2, 0.25) is 0 Å². The number of hydrogen-bond acceptors (Lipinski definition) is 5. The first-order chi connectivity index (χ1) is 21.2. The quantitative estimate of drug-likeness (QED) is 0.191. The van der Waals surface area contributed by atoms with Crippen molar-refractivity contribution in [2.24, 2.45) is 0 Å². The molecule has 1 aliphatic carbocycles. The highest BCUT2D eigenvalue weighted by atomic mass is 32.2. The molecule has 1 aliphatic rings. The predicted octanol–water partition coefficient (Wildman–Crippen LogP) is 7.99. The van der Waals surface area contributed by atoms with Gasteiger partial charge in [-0.25, -0.2) is 8.42 Å². The summed E-state index contributed by atoms with van der Waals surface area (Å²) in [6.07, 6.45) is 0. The highest BCUT2D eigenvalue weighted by Crippen LogP contribution is 2.56. The summed E-state index contributed by atoms with van der Waals surface area (Å²) in [5.74, 6) is 0.547. The summed E-state index contributed by atoms with van der Waals surface area (Å²) in [7, 11) is -3.48. The van der Waals surface area contributed by atoms with Gasteiger partial charge in [-0.1, -0.05) is 90.5 Å². The van der Waals surface area contributed by atoms with Crippen LogP contribution in [0.25, 0.3) is 11.1 Å². The zero-order chi connectivity index (χ0) is 30.9. The van der Waals surface area contributed by atoms with Crippen LogP contribution in [-0.4, -0.2) is 23.7 Å². The first-order valence-corrected chi connectivity index (χ1v) is 15.6. The third-order valence-electron chi connectivity index (χ3n) is 8.03. The Morgan fingerprint density at radius 2 is 0.795 bits per heavy atom. The van der Waals surface area contributed by atoms with Gasteiger partial charge in [-0.05, 0) is 101 Å². The van der Waals surface area contributed by atoms with Crippen LogP contribution in [-0.2, 0) is 15.3 Å². The molecule has 0 fully saturated rings. The molecule has 5 nitrogen and oxygen atoms in total. The van der Waals surface area contributed by atoms with Gasteiger partial charge in [-0.3, -0.25) is 0 Å². The number of hydrogen-bond donors (Lipinski definition) is 3. The summed E-state index contributed by atoms with van der Waals surface area (Å²) < 4.78 is 24.3. The van der Waals surface area contributed by atoms with Crippen molar-refractivity contribution in [3.63, 3.8) is 0 Å². The molecule has 0 bridgehead atoms. The van der Waals surface area contributed by atoms with E-state index in [9.17, 15) is 18.6 Å². The Balaban J connectivity index is 0.000000174. The zero-order valence-corrected chi connectivity index (χ0v) is 24.7. The van der Waals surface area contributed by atoms with Gasteiger partial charge in [-0.2, -0.15) is 0 Å². The van der Waals surface area contributed by atoms with Crippen molar-refractivity contribution >= 4 is 9.84 Å². The number of rotatable bonds is 4. The molecule has 0 spiro atoms. The molecule has 0 radical (unpaired) electrons. The largest absolute Gasteiger partial charge is 0.508 e. The van der Waals surface area contributed by atoms with Crippen molar-refractivity contribution in [3.05, 3.63) is 173 Å².